The highest BCUT2D eigenvalue weighted by atomic mass is 19.4. The second kappa shape index (κ2) is 7.23. The van der Waals surface area contributed by atoms with Gasteiger partial charge in [-0.1, -0.05) is 18.2 Å². The predicted molar refractivity (Wildman–Crippen MR) is 86.9 cm³/mol. The summed E-state index contributed by atoms with van der Waals surface area (Å²) in [5.41, 5.74) is -0.160. The van der Waals surface area contributed by atoms with Crippen molar-refractivity contribution >= 4 is 5.91 Å². The van der Waals surface area contributed by atoms with Gasteiger partial charge < -0.3 is 14.4 Å². The second-order valence-electron chi connectivity index (χ2n) is 5.88. The molecular weight excluding hydrogens is 349 g/mol. The van der Waals surface area contributed by atoms with Crippen molar-refractivity contribution in [3.63, 3.8) is 0 Å². The molecule has 1 fully saturated rings. The lowest BCUT2D eigenvalue weighted by Gasteiger charge is -2.39. The molecule has 0 radical (unpaired) electrons. The van der Waals surface area contributed by atoms with E-state index in [4.69, 9.17) is 9.47 Å². The fourth-order valence-electron chi connectivity index (χ4n) is 2.70. The summed E-state index contributed by atoms with van der Waals surface area (Å²) in [6, 6.07) is 9.32. The van der Waals surface area contributed by atoms with Crippen molar-refractivity contribution in [2.45, 2.75) is 18.7 Å². The van der Waals surface area contributed by atoms with E-state index in [0.717, 1.165) is 11.6 Å². The maximum Gasteiger partial charge on any atom is 0.421 e. The van der Waals surface area contributed by atoms with Gasteiger partial charge in [0.05, 0.1) is 26.6 Å². The normalized spacial score (nSPS) is 14.7. The Labute approximate surface area is 148 Å². The number of halogens is 3. The van der Waals surface area contributed by atoms with Gasteiger partial charge in [0, 0.05) is 11.8 Å². The van der Waals surface area contributed by atoms with Gasteiger partial charge in [0.25, 0.3) is 0 Å². The lowest BCUT2D eigenvalue weighted by atomic mass is 10.1. The van der Waals surface area contributed by atoms with Crippen molar-refractivity contribution in [1.82, 2.24) is 9.88 Å². The van der Waals surface area contributed by atoms with Gasteiger partial charge >= 0.3 is 6.18 Å². The molecule has 2 heterocycles. The SMILES string of the molecule is COc1ccccc1CC(=O)N1CC(Oc2ncccc2C(F)(F)F)C1. The summed E-state index contributed by atoms with van der Waals surface area (Å²) in [5.74, 6) is 0.0331. The first kappa shape index (κ1) is 18.0. The van der Waals surface area contributed by atoms with E-state index in [2.05, 4.69) is 4.98 Å². The summed E-state index contributed by atoms with van der Waals surface area (Å²) in [6.45, 7) is 0.448. The molecule has 3 rings (SSSR count). The fraction of sp³-hybridized carbons (Fsp3) is 0.333. The molecule has 1 aromatic carbocycles. The van der Waals surface area contributed by atoms with Crippen molar-refractivity contribution in [3.8, 4) is 11.6 Å². The van der Waals surface area contributed by atoms with E-state index < -0.39 is 23.7 Å². The summed E-state index contributed by atoms with van der Waals surface area (Å²) in [6.07, 6.45) is -3.64. The third-order valence-electron chi connectivity index (χ3n) is 4.09. The van der Waals surface area contributed by atoms with Crippen LogP contribution in [0.15, 0.2) is 42.6 Å². The van der Waals surface area contributed by atoms with Gasteiger partial charge in [-0.2, -0.15) is 13.2 Å². The Balaban J connectivity index is 1.57. The predicted octanol–water partition coefficient (Wildman–Crippen LogP) is 2.94. The molecule has 1 saturated heterocycles. The van der Waals surface area contributed by atoms with E-state index in [9.17, 15) is 18.0 Å². The van der Waals surface area contributed by atoms with E-state index in [-0.39, 0.29) is 25.4 Å². The first-order chi connectivity index (χ1) is 12.4. The van der Waals surface area contributed by atoms with E-state index in [1.807, 2.05) is 12.1 Å². The van der Waals surface area contributed by atoms with Crippen LogP contribution < -0.4 is 9.47 Å². The number of alkyl halides is 3. The van der Waals surface area contributed by atoms with E-state index in [0.29, 0.717) is 5.75 Å². The molecular formula is C18H17F3N2O3. The maximum absolute atomic E-state index is 12.9. The monoisotopic (exact) mass is 366 g/mol. The number of pyridine rings is 1. The van der Waals surface area contributed by atoms with Crippen molar-refractivity contribution in [2.75, 3.05) is 20.2 Å². The smallest absolute Gasteiger partial charge is 0.421 e. The van der Waals surface area contributed by atoms with E-state index in [1.165, 1.54) is 24.3 Å². The molecule has 2 aromatic rings. The topological polar surface area (TPSA) is 51.7 Å². The minimum Gasteiger partial charge on any atom is -0.496 e. The van der Waals surface area contributed by atoms with E-state index >= 15 is 0 Å². The molecule has 0 bridgehead atoms. The summed E-state index contributed by atoms with van der Waals surface area (Å²) < 4.78 is 49.4. The zero-order chi connectivity index (χ0) is 18.7. The van der Waals surface area contributed by atoms with Crippen LogP contribution in [0.25, 0.3) is 0 Å². The number of nitrogens with zero attached hydrogens (tertiary/aromatic N) is 2. The number of rotatable bonds is 5. The van der Waals surface area contributed by atoms with Gasteiger partial charge in [-0.25, -0.2) is 4.98 Å². The lowest BCUT2D eigenvalue weighted by molar-refractivity contribution is -0.144. The Kier molecular flexibility index (Phi) is 5.01. The zero-order valence-corrected chi connectivity index (χ0v) is 14.0. The highest BCUT2D eigenvalue weighted by molar-refractivity contribution is 5.80. The van der Waals surface area contributed by atoms with Crippen molar-refractivity contribution in [3.05, 3.63) is 53.7 Å². The van der Waals surface area contributed by atoms with Crippen LogP contribution in [0.1, 0.15) is 11.1 Å². The molecule has 1 aliphatic rings. The standard InChI is InChI=1S/C18H17F3N2O3/c1-25-15-7-3-2-5-12(15)9-16(24)23-10-13(11-23)26-17-14(18(19,20)21)6-4-8-22-17/h2-8,13H,9-11H2,1H3. The minimum atomic E-state index is -4.54. The van der Waals surface area contributed by atoms with Crippen LogP contribution in [-0.4, -0.2) is 42.1 Å². The number of hydrogen-bond acceptors (Lipinski definition) is 4. The van der Waals surface area contributed by atoms with Gasteiger partial charge in [-0.15, -0.1) is 0 Å². The number of benzene rings is 1. The molecule has 5 nitrogen and oxygen atoms in total. The molecule has 0 unspecified atom stereocenters. The number of carbonyl (C=O) groups excluding carboxylic acids is 1. The summed E-state index contributed by atoms with van der Waals surface area (Å²) in [4.78, 5) is 17.5. The molecule has 0 N–H and O–H groups in total. The van der Waals surface area contributed by atoms with E-state index in [1.54, 1.807) is 12.1 Å². The Hall–Kier alpha value is -2.77. The second-order valence-corrected chi connectivity index (χ2v) is 5.88. The van der Waals surface area contributed by atoms with Crippen LogP contribution in [0.2, 0.25) is 0 Å². The Morgan fingerprint density at radius 1 is 1.23 bits per heavy atom. The molecule has 26 heavy (non-hydrogen) atoms. The number of hydrogen-bond donors (Lipinski definition) is 0. The number of ether oxygens (including phenoxy) is 2. The van der Waals surface area contributed by atoms with Crippen LogP contribution in [0, 0.1) is 0 Å². The highest BCUT2D eigenvalue weighted by Gasteiger charge is 2.38. The Morgan fingerprint density at radius 2 is 1.96 bits per heavy atom. The van der Waals surface area contributed by atoms with Crippen LogP contribution >= 0.6 is 0 Å². The molecule has 1 aliphatic heterocycles. The molecule has 0 aliphatic carbocycles. The third kappa shape index (κ3) is 3.89. The fourth-order valence-corrected chi connectivity index (χ4v) is 2.70. The minimum absolute atomic E-state index is 0.133. The van der Waals surface area contributed by atoms with Crippen molar-refractivity contribution in [2.24, 2.45) is 0 Å². The lowest BCUT2D eigenvalue weighted by Crippen LogP contribution is -2.56. The Morgan fingerprint density at radius 3 is 2.65 bits per heavy atom. The number of likely N-dealkylation sites (tertiary alicyclic amines) is 1. The molecule has 8 heteroatoms. The van der Waals surface area contributed by atoms with Gasteiger partial charge in [-0.05, 0) is 18.2 Å². The Bertz CT molecular complexity index is 789. The number of carbonyl (C=O) groups is 1. The van der Waals surface area contributed by atoms with Crippen molar-refractivity contribution in [1.29, 1.82) is 0 Å². The van der Waals surface area contributed by atoms with Crippen LogP contribution in [0.3, 0.4) is 0 Å². The summed E-state index contributed by atoms with van der Waals surface area (Å²) >= 11 is 0. The quantitative estimate of drug-likeness (QED) is 0.817. The molecule has 138 valence electrons. The number of para-hydroxylation sites is 1. The molecule has 1 aromatic heterocycles. The molecule has 0 saturated carbocycles. The summed E-state index contributed by atoms with van der Waals surface area (Å²) in [5, 5.41) is 0. The third-order valence-corrected chi connectivity index (χ3v) is 4.09. The highest BCUT2D eigenvalue weighted by Crippen LogP contribution is 2.35. The van der Waals surface area contributed by atoms with Crippen LogP contribution in [-0.2, 0) is 17.4 Å². The zero-order valence-electron chi connectivity index (χ0n) is 14.0. The first-order valence-corrected chi connectivity index (χ1v) is 7.97. The average Bonchev–Trinajstić information content (AvgIpc) is 2.57. The van der Waals surface area contributed by atoms with Gasteiger partial charge in [-0.3, -0.25) is 4.79 Å². The van der Waals surface area contributed by atoms with Crippen LogP contribution in [0.4, 0.5) is 13.2 Å². The largest absolute Gasteiger partial charge is 0.496 e. The van der Waals surface area contributed by atoms with Gasteiger partial charge in [0.1, 0.15) is 17.4 Å². The van der Waals surface area contributed by atoms with Gasteiger partial charge in [0.2, 0.25) is 11.8 Å². The summed E-state index contributed by atoms with van der Waals surface area (Å²) in [7, 11) is 1.53. The number of methoxy groups -OCH3 is 1. The van der Waals surface area contributed by atoms with Crippen molar-refractivity contribution < 1.29 is 27.4 Å². The molecule has 1 amide bonds. The first-order valence-electron chi connectivity index (χ1n) is 7.97. The number of amides is 1. The van der Waals surface area contributed by atoms with Gasteiger partial charge in [0.15, 0.2) is 0 Å². The molecule has 0 spiro atoms. The molecule has 0 atom stereocenters. The average molecular weight is 366 g/mol. The van der Waals surface area contributed by atoms with Crippen LogP contribution in [0.5, 0.6) is 11.6 Å². The maximum atomic E-state index is 12.9. The number of aromatic nitrogens is 1.